The lowest BCUT2D eigenvalue weighted by molar-refractivity contribution is -0.117. The predicted octanol–water partition coefficient (Wildman–Crippen LogP) is 2.30. The largest absolute Gasteiger partial charge is 0.399 e. The van der Waals surface area contributed by atoms with Crippen LogP contribution in [0.1, 0.15) is 19.8 Å². The van der Waals surface area contributed by atoms with E-state index in [0.717, 1.165) is 16.8 Å². The Kier molecular flexibility index (Phi) is 3.58. The monoisotopic (exact) mass is 290 g/mol. The molecule has 0 radical (unpaired) electrons. The highest BCUT2D eigenvalue weighted by Gasteiger charge is 2.22. The molecule has 106 valence electrons. The average Bonchev–Trinajstić information content (AvgIpc) is 2.95. The zero-order valence-corrected chi connectivity index (χ0v) is 12.2. The number of carbonyl (C=O) groups excluding carboxylic acids is 1. The van der Waals surface area contributed by atoms with Crippen LogP contribution in [0, 0.1) is 0 Å². The molecular weight excluding hydrogens is 272 g/mol. The third-order valence-electron chi connectivity index (χ3n) is 3.70. The molecule has 6 heteroatoms. The number of benzene rings is 1. The Balaban J connectivity index is 1.67. The van der Waals surface area contributed by atoms with Crippen LogP contribution in [0.25, 0.3) is 10.2 Å². The summed E-state index contributed by atoms with van der Waals surface area (Å²) in [4.78, 5) is 18.7. The van der Waals surface area contributed by atoms with E-state index in [1.807, 2.05) is 18.2 Å². The molecule has 1 unspecified atom stereocenters. The number of thiazole rings is 1. The van der Waals surface area contributed by atoms with Crippen molar-refractivity contribution >= 4 is 38.3 Å². The Labute approximate surface area is 121 Å². The summed E-state index contributed by atoms with van der Waals surface area (Å²) in [5, 5.41) is 3.53. The zero-order valence-electron chi connectivity index (χ0n) is 11.4. The molecule has 1 aliphatic rings. The molecule has 1 atom stereocenters. The molecule has 0 bridgehead atoms. The second-order valence-corrected chi connectivity index (χ2v) is 6.29. The second kappa shape index (κ2) is 5.38. The van der Waals surface area contributed by atoms with Crippen LogP contribution in [0.4, 0.5) is 10.8 Å². The molecule has 1 saturated heterocycles. The highest BCUT2D eigenvalue weighted by Crippen LogP contribution is 2.27. The van der Waals surface area contributed by atoms with E-state index in [2.05, 4.69) is 22.1 Å². The molecule has 0 aliphatic carbocycles. The van der Waals surface area contributed by atoms with Crippen molar-refractivity contribution in [2.45, 2.75) is 25.8 Å². The summed E-state index contributed by atoms with van der Waals surface area (Å²) in [7, 11) is 0. The summed E-state index contributed by atoms with van der Waals surface area (Å²) < 4.78 is 0.995. The lowest BCUT2D eigenvalue weighted by atomic mass is 10.2. The number of anilines is 2. The predicted molar refractivity (Wildman–Crippen MR) is 82.9 cm³/mol. The van der Waals surface area contributed by atoms with Gasteiger partial charge in [-0.1, -0.05) is 11.3 Å². The SMILES string of the molecule is CC1CCCN1CC(=O)Nc1nc2ccc(N)cc2s1. The van der Waals surface area contributed by atoms with E-state index in [-0.39, 0.29) is 5.91 Å². The molecule has 0 spiro atoms. The highest BCUT2D eigenvalue weighted by atomic mass is 32.1. The average molecular weight is 290 g/mol. The lowest BCUT2D eigenvalue weighted by Crippen LogP contribution is -2.35. The van der Waals surface area contributed by atoms with Gasteiger partial charge in [0.2, 0.25) is 5.91 Å². The standard InChI is InChI=1S/C14H18N4OS/c1-9-3-2-6-18(9)8-13(19)17-14-16-11-5-4-10(15)7-12(11)20-14/h4-5,7,9H,2-3,6,8,15H2,1H3,(H,16,17,19). The van der Waals surface area contributed by atoms with Crippen molar-refractivity contribution in [3.8, 4) is 0 Å². The third kappa shape index (κ3) is 2.76. The molecule has 2 aromatic rings. The van der Waals surface area contributed by atoms with E-state index < -0.39 is 0 Å². The number of nitrogens with one attached hydrogen (secondary N) is 1. The van der Waals surface area contributed by atoms with Gasteiger partial charge in [-0.05, 0) is 44.5 Å². The van der Waals surface area contributed by atoms with E-state index in [1.165, 1.54) is 24.2 Å². The maximum atomic E-state index is 12.0. The summed E-state index contributed by atoms with van der Waals surface area (Å²) in [5.74, 6) is 0.00535. The molecule has 2 heterocycles. The minimum Gasteiger partial charge on any atom is -0.399 e. The number of hydrogen-bond acceptors (Lipinski definition) is 5. The maximum absolute atomic E-state index is 12.0. The first-order chi connectivity index (χ1) is 9.61. The first-order valence-corrected chi connectivity index (χ1v) is 7.63. The summed E-state index contributed by atoms with van der Waals surface area (Å²) in [6.07, 6.45) is 2.35. The number of carbonyl (C=O) groups is 1. The summed E-state index contributed by atoms with van der Waals surface area (Å²) in [6, 6.07) is 6.07. The molecule has 0 saturated carbocycles. The number of rotatable bonds is 3. The van der Waals surface area contributed by atoms with Gasteiger partial charge < -0.3 is 11.1 Å². The van der Waals surface area contributed by atoms with Gasteiger partial charge in [0, 0.05) is 11.7 Å². The van der Waals surface area contributed by atoms with Crippen LogP contribution in [0.5, 0.6) is 0 Å². The molecule has 1 aromatic carbocycles. The summed E-state index contributed by atoms with van der Waals surface area (Å²) in [6.45, 7) is 3.62. The van der Waals surface area contributed by atoms with Crippen LogP contribution in [0.2, 0.25) is 0 Å². The van der Waals surface area contributed by atoms with Crippen molar-refractivity contribution in [3.63, 3.8) is 0 Å². The molecule has 20 heavy (non-hydrogen) atoms. The number of nitrogens with zero attached hydrogens (tertiary/aromatic N) is 2. The third-order valence-corrected chi connectivity index (χ3v) is 4.63. The lowest BCUT2D eigenvalue weighted by Gasteiger charge is -2.19. The first-order valence-electron chi connectivity index (χ1n) is 6.82. The Hall–Kier alpha value is -1.66. The Morgan fingerprint density at radius 2 is 2.45 bits per heavy atom. The van der Waals surface area contributed by atoms with Gasteiger partial charge in [0.1, 0.15) is 0 Å². The fraction of sp³-hybridized carbons (Fsp3) is 0.429. The van der Waals surface area contributed by atoms with Gasteiger partial charge in [-0.2, -0.15) is 0 Å². The second-order valence-electron chi connectivity index (χ2n) is 5.26. The van der Waals surface area contributed by atoms with Crippen molar-refractivity contribution < 1.29 is 4.79 Å². The molecule has 3 rings (SSSR count). The number of aromatic nitrogens is 1. The topological polar surface area (TPSA) is 71.2 Å². The Morgan fingerprint density at radius 1 is 1.60 bits per heavy atom. The van der Waals surface area contributed by atoms with Gasteiger partial charge in [0.25, 0.3) is 0 Å². The zero-order chi connectivity index (χ0) is 14.1. The number of amides is 1. The van der Waals surface area contributed by atoms with Gasteiger partial charge in [-0.3, -0.25) is 9.69 Å². The molecular formula is C14H18N4OS. The number of nitrogens with two attached hydrogens (primary N) is 1. The Bertz CT molecular complexity index is 639. The first kappa shape index (κ1) is 13.3. The van der Waals surface area contributed by atoms with Gasteiger partial charge in [0.05, 0.1) is 16.8 Å². The molecule has 3 N–H and O–H groups in total. The smallest absolute Gasteiger partial charge is 0.240 e. The molecule has 1 fully saturated rings. The number of fused-ring (bicyclic) bond motifs is 1. The quantitative estimate of drug-likeness (QED) is 0.851. The van der Waals surface area contributed by atoms with E-state index in [1.54, 1.807) is 0 Å². The highest BCUT2D eigenvalue weighted by molar-refractivity contribution is 7.22. The fourth-order valence-corrected chi connectivity index (χ4v) is 3.50. The number of hydrogen-bond donors (Lipinski definition) is 2. The van der Waals surface area contributed by atoms with Crippen molar-refractivity contribution in [1.29, 1.82) is 0 Å². The normalized spacial score (nSPS) is 19.6. The maximum Gasteiger partial charge on any atom is 0.240 e. The minimum atomic E-state index is 0.00535. The van der Waals surface area contributed by atoms with E-state index in [4.69, 9.17) is 5.73 Å². The van der Waals surface area contributed by atoms with Gasteiger partial charge >= 0.3 is 0 Å². The molecule has 5 nitrogen and oxygen atoms in total. The summed E-state index contributed by atoms with van der Waals surface area (Å²) >= 11 is 1.46. The van der Waals surface area contributed by atoms with Crippen LogP contribution in [0.3, 0.4) is 0 Å². The molecule has 1 amide bonds. The van der Waals surface area contributed by atoms with Gasteiger partial charge in [0.15, 0.2) is 5.13 Å². The van der Waals surface area contributed by atoms with E-state index in [9.17, 15) is 4.79 Å². The van der Waals surface area contributed by atoms with Crippen LogP contribution < -0.4 is 11.1 Å². The molecule has 1 aromatic heterocycles. The van der Waals surface area contributed by atoms with E-state index >= 15 is 0 Å². The minimum absolute atomic E-state index is 0.00535. The number of nitrogen functional groups attached to an aromatic ring is 1. The van der Waals surface area contributed by atoms with Crippen LogP contribution in [-0.2, 0) is 4.79 Å². The Morgan fingerprint density at radius 3 is 3.20 bits per heavy atom. The molecule has 1 aliphatic heterocycles. The number of likely N-dealkylation sites (tertiary alicyclic amines) is 1. The van der Waals surface area contributed by atoms with Crippen LogP contribution >= 0.6 is 11.3 Å². The summed E-state index contributed by atoms with van der Waals surface area (Å²) in [5.41, 5.74) is 7.33. The van der Waals surface area contributed by atoms with Crippen molar-refractivity contribution in [3.05, 3.63) is 18.2 Å². The fourth-order valence-electron chi connectivity index (χ4n) is 2.57. The van der Waals surface area contributed by atoms with Crippen molar-refractivity contribution in [2.75, 3.05) is 24.1 Å². The van der Waals surface area contributed by atoms with Gasteiger partial charge in [-0.25, -0.2) is 4.98 Å². The van der Waals surface area contributed by atoms with Crippen molar-refractivity contribution in [1.82, 2.24) is 9.88 Å². The van der Waals surface area contributed by atoms with Crippen LogP contribution in [-0.4, -0.2) is 34.9 Å². The van der Waals surface area contributed by atoms with Crippen molar-refractivity contribution in [2.24, 2.45) is 0 Å². The van der Waals surface area contributed by atoms with E-state index in [0.29, 0.717) is 23.4 Å². The van der Waals surface area contributed by atoms with Gasteiger partial charge in [-0.15, -0.1) is 0 Å². The van der Waals surface area contributed by atoms with Crippen LogP contribution in [0.15, 0.2) is 18.2 Å².